The third-order valence-electron chi connectivity index (χ3n) is 2.47. The zero-order valence-electron chi connectivity index (χ0n) is 12.1. The van der Waals surface area contributed by atoms with Gasteiger partial charge in [0.25, 0.3) is 0 Å². The molecule has 0 N–H and O–H groups in total. The van der Waals surface area contributed by atoms with E-state index in [1.54, 1.807) is 6.08 Å². The van der Waals surface area contributed by atoms with Crippen molar-refractivity contribution in [1.29, 1.82) is 0 Å². The summed E-state index contributed by atoms with van der Waals surface area (Å²) in [6, 6.07) is 0. The topological polar surface area (TPSA) is 23.6 Å². The van der Waals surface area contributed by atoms with Crippen molar-refractivity contribution in [2.45, 2.75) is 33.6 Å². The summed E-state index contributed by atoms with van der Waals surface area (Å²) in [7, 11) is 3.99. The van der Waals surface area contributed by atoms with E-state index in [9.17, 15) is 4.79 Å². The van der Waals surface area contributed by atoms with E-state index in [0.717, 1.165) is 26.1 Å². The first-order valence-electron chi connectivity index (χ1n) is 6.61. The number of likely N-dealkylation sites (tertiary alicyclic amines) is 1. The van der Waals surface area contributed by atoms with Crippen molar-refractivity contribution in [2.75, 3.05) is 33.7 Å². The standard InChI is InChI=1S/C11H20N2O.C3H8/c1-10-6-8-13(9-10)11(14)5-4-7-12(2)3;1-3-2/h4-5,10H,6-9H2,1-3H3;3H2,1-2H3/b5-4+;/t10-;/m1./s1. The van der Waals surface area contributed by atoms with Crippen LogP contribution in [0.2, 0.25) is 0 Å². The third-order valence-corrected chi connectivity index (χ3v) is 2.47. The number of hydrogen-bond donors (Lipinski definition) is 0. The molecule has 3 nitrogen and oxygen atoms in total. The van der Waals surface area contributed by atoms with Crippen molar-refractivity contribution >= 4 is 5.91 Å². The van der Waals surface area contributed by atoms with Gasteiger partial charge in [-0.1, -0.05) is 33.3 Å². The van der Waals surface area contributed by atoms with E-state index in [0.29, 0.717) is 5.92 Å². The SMILES string of the molecule is CCC.C[C@@H]1CCN(C(=O)/C=C/CN(C)C)C1. The average Bonchev–Trinajstić information content (AvgIpc) is 2.65. The highest BCUT2D eigenvalue weighted by molar-refractivity contribution is 5.87. The summed E-state index contributed by atoms with van der Waals surface area (Å²) in [6.07, 6.45) is 6.01. The van der Waals surface area contributed by atoms with Crippen LogP contribution in [0.3, 0.4) is 0 Å². The molecule has 0 bridgehead atoms. The van der Waals surface area contributed by atoms with Gasteiger partial charge in [0.15, 0.2) is 0 Å². The smallest absolute Gasteiger partial charge is 0.246 e. The molecule has 100 valence electrons. The van der Waals surface area contributed by atoms with Gasteiger partial charge in [-0.05, 0) is 26.4 Å². The first-order valence-corrected chi connectivity index (χ1v) is 6.61. The summed E-state index contributed by atoms with van der Waals surface area (Å²) in [4.78, 5) is 15.6. The molecular formula is C14H28N2O. The van der Waals surface area contributed by atoms with Gasteiger partial charge < -0.3 is 9.80 Å². The normalized spacial score (nSPS) is 19.6. The zero-order valence-corrected chi connectivity index (χ0v) is 12.1. The van der Waals surface area contributed by atoms with Gasteiger partial charge in [0, 0.05) is 25.7 Å². The molecule has 0 aliphatic carbocycles. The molecule has 1 aliphatic rings. The predicted octanol–water partition coefficient (Wildman–Crippen LogP) is 2.39. The first kappa shape index (κ1) is 16.2. The zero-order chi connectivity index (χ0) is 13.3. The van der Waals surface area contributed by atoms with Crippen LogP contribution in [0, 0.1) is 5.92 Å². The molecule has 0 unspecified atom stereocenters. The highest BCUT2D eigenvalue weighted by Crippen LogP contribution is 2.14. The monoisotopic (exact) mass is 240 g/mol. The van der Waals surface area contributed by atoms with Crippen molar-refractivity contribution in [2.24, 2.45) is 5.92 Å². The number of carbonyl (C=O) groups is 1. The summed E-state index contributed by atoms with van der Waals surface area (Å²) >= 11 is 0. The molecule has 0 aromatic carbocycles. The van der Waals surface area contributed by atoms with Crippen molar-refractivity contribution in [3.05, 3.63) is 12.2 Å². The number of nitrogens with zero attached hydrogens (tertiary/aromatic N) is 2. The Balaban J connectivity index is 0.000000770. The van der Waals surface area contributed by atoms with Crippen molar-refractivity contribution in [1.82, 2.24) is 9.80 Å². The minimum absolute atomic E-state index is 0.163. The molecule has 1 heterocycles. The fourth-order valence-corrected chi connectivity index (χ4v) is 1.60. The Morgan fingerprint density at radius 1 is 1.41 bits per heavy atom. The lowest BCUT2D eigenvalue weighted by molar-refractivity contribution is -0.125. The van der Waals surface area contributed by atoms with Crippen LogP contribution in [-0.4, -0.2) is 49.4 Å². The molecule has 1 saturated heterocycles. The van der Waals surface area contributed by atoms with E-state index in [1.807, 2.05) is 30.0 Å². The Morgan fingerprint density at radius 2 is 2.00 bits per heavy atom. The third kappa shape index (κ3) is 7.97. The second-order valence-electron chi connectivity index (χ2n) is 5.05. The van der Waals surface area contributed by atoms with Crippen molar-refractivity contribution in [3.63, 3.8) is 0 Å². The van der Waals surface area contributed by atoms with E-state index in [-0.39, 0.29) is 5.91 Å². The maximum absolute atomic E-state index is 11.6. The molecule has 0 radical (unpaired) electrons. The molecule has 0 aromatic heterocycles. The lowest BCUT2D eigenvalue weighted by atomic mass is 10.2. The van der Waals surface area contributed by atoms with Gasteiger partial charge >= 0.3 is 0 Å². The average molecular weight is 240 g/mol. The summed E-state index contributed by atoms with van der Waals surface area (Å²) in [5.41, 5.74) is 0. The highest BCUT2D eigenvalue weighted by atomic mass is 16.2. The Hall–Kier alpha value is -0.830. The molecule has 0 aromatic rings. The molecule has 0 saturated carbocycles. The van der Waals surface area contributed by atoms with Crippen LogP contribution in [-0.2, 0) is 4.79 Å². The van der Waals surface area contributed by atoms with Crippen LogP contribution in [0.25, 0.3) is 0 Å². The molecule has 1 aliphatic heterocycles. The Morgan fingerprint density at radius 3 is 2.41 bits per heavy atom. The predicted molar refractivity (Wildman–Crippen MR) is 74.0 cm³/mol. The van der Waals surface area contributed by atoms with E-state index in [2.05, 4.69) is 20.8 Å². The quantitative estimate of drug-likeness (QED) is 0.707. The van der Waals surface area contributed by atoms with Gasteiger partial charge in [0.05, 0.1) is 0 Å². The molecular weight excluding hydrogens is 212 g/mol. The summed E-state index contributed by atoms with van der Waals surface area (Å²) in [6.45, 7) is 9.11. The minimum atomic E-state index is 0.163. The van der Waals surface area contributed by atoms with Crippen molar-refractivity contribution < 1.29 is 4.79 Å². The van der Waals surface area contributed by atoms with Crippen LogP contribution in [0.1, 0.15) is 33.6 Å². The lowest BCUT2D eigenvalue weighted by Crippen LogP contribution is -2.26. The fraction of sp³-hybridized carbons (Fsp3) is 0.786. The van der Waals surface area contributed by atoms with Crippen LogP contribution >= 0.6 is 0 Å². The number of amides is 1. The molecule has 17 heavy (non-hydrogen) atoms. The summed E-state index contributed by atoms with van der Waals surface area (Å²) < 4.78 is 0. The second-order valence-corrected chi connectivity index (χ2v) is 5.05. The fourth-order valence-electron chi connectivity index (χ4n) is 1.60. The van der Waals surface area contributed by atoms with E-state index in [4.69, 9.17) is 0 Å². The highest BCUT2D eigenvalue weighted by Gasteiger charge is 2.21. The van der Waals surface area contributed by atoms with E-state index >= 15 is 0 Å². The van der Waals surface area contributed by atoms with Crippen molar-refractivity contribution in [3.8, 4) is 0 Å². The maximum atomic E-state index is 11.6. The lowest BCUT2D eigenvalue weighted by Gasteiger charge is -2.13. The number of rotatable bonds is 3. The Bertz CT molecular complexity index is 236. The Labute approximate surface area is 106 Å². The van der Waals surface area contributed by atoms with Crippen LogP contribution in [0.5, 0.6) is 0 Å². The van der Waals surface area contributed by atoms with Crippen LogP contribution in [0.15, 0.2) is 12.2 Å². The van der Waals surface area contributed by atoms with Gasteiger partial charge in [-0.25, -0.2) is 0 Å². The number of carbonyl (C=O) groups excluding carboxylic acids is 1. The first-order chi connectivity index (χ1) is 8.01. The summed E-state index contributed by atoms with van der Waals surface area (Å²) in [5.74, 6) is 0.831. The van der Waals surface area contributed by atoms with Gasteiger partial charge in [0.1, 0.15) is 0 Å². The second kappa shape index (κ2) is 9.23. The Kier molecular flexibility index (Phi) is 8.78. The molecule has 1 fully saturated rings. The maximum Gasteiger partial charge on any atom is 0.246 e. The molecule has 1 amide bonds. The molecule has 1 atom stereocenters. The van der Waals surface area contributed by atoms with Crippen LogP contribution in [0.4, 0.5) is 0 Å². The van der Waals surface area contributed by atoms with E-state index in [1.165, 1.54) is 6.42 Å². The molecule has 3 heteroatoms. The van der Waals surface area contributed by atoms with Gasteiger partial charge in [-0.3, -0.25) is 4.79 Å². The molecule has 1 rings (SSSR count). The largest absolute Gasteiger partial charge is 0.339 e. The molecule has 0 spiro atoms. The van der Waals surface area contributed by atoms with Gasteiger partial charge in [0.2, 0.25) is 5.91 Å². The van der Waals surface area contributed by atoms with Gasteiger partial charge in [-0.2, -0.15) is 0 Å². The number of likely N-dealkylation sites (N-methyl/N-ethyl adjacent to an activating group) is 1. The van der Waals surface area contributed by atoms with E-state index < -0.39 is 0 Å². The van der Waals surface area contributed by atoms with Crippen LogP contribution < -0.4 is 0 Å². The number of hydrogen-bond acceptors (Lipinski definition) is 2. The minimum Gasteiger partial charge on any atom is -0.339 e. The van der Waals surface area contributed by atoms with Gasteiger partial charge in [-0.15, -0.1) is 0 Å². The summed E-state index contributed by atoms with van der Waals surface area (Å²) in [5, 5.41) is 0.